The molecule has 2 aromatic rings. The van der Waals surface area contributed by atoms with Crippen molar-refractivity contribution in [2.75, 3.05) is 19.1 Å². The van der Waals surface area contributed by atoms with Crippen LogP contribution >= 0.6 is 22.9 Å². The van der Waals surface area contributed by atoms with Gasteiger partial charge in [0, 0.05) is 10.9 Å². The van der Waals surface area contributed by atoms with Gasteiger partial charge in [0.2, 0.25) is 0 Å². The first-order valence-electron chi connectivity index (χ1n) is 6.63. The Balaban J connectivity index is 2.03. The molecule has 0 N–H and O–H groups in total. The Hall–Kier alpha value is -2.31. The highest BCUT2D eigenvalue weighted by Crippen LogP contribution is 2.39. The molecule has 5 nitrogen and oxygen atoms in total. The third kappa shape index (κ3) is 2.50. The Labute approximate surface area is 141 Å². The average molecular weight is 350 g/mol. The molecular formula is C16H12ClNO4S. The molecule has 7 heteroatoms. The summed E-state index contributed by atoms with van der Waals surface area (Å²) in [5.41, 5.74) is 0.601. The zero-order valence-electron chi connectivity index (χ0n) is 12.3. The van der Waals surface area contributed by atoms with Crippen LogP contribution in [0.15, 0.2) is 40.7 Å². The van der Waals surface area contributed by atoms with Crippen LogP contribution in [-0.2, 0) is 9.59 Å². The monoisotopic (exact) mass is 349 g/mol. The maximum absolute atomic E-state index is 12.7. The molecule has 23 heavy (non-hydrogen) atoms. The maximum Gasteiger partial charge on any atom is 0.277 e. The summed E-state index contributed by atoms with van der Waals surface area (Å²) in [6.45, 7) is 0. The van der Waals surface area contributed by atoms with E-state index in [0.717, 1.165) is 4.90 Å². The average Bonchev–Trinajstić information content (AvgIpc) is 3.15. The van der Waals surface area contributed by atoms with Crippen LogP contribution in [0.2, 0.25) is 0 Å². The number of nitrogens with zero attached hydrogens (tertiary/aromatic N) is 1. The molecule has 1 aliphatic rings. The number of imide groups is 1. The molecule has 0 unspecified atom stereocenters. The number of benzene rings is 1. The number of hydrogen-bond acceptors (Lipinski definition) is 5. The molecule has 0 radical (unpaired) electrons. The summed E-state index contributed by atoms with van der Waals surface area (Å²) in [6, 6.07) is 8.36. The van der Waals surface area contributed by atoms with Crippen LogP contribution in [0.3, 0.4) is 0 Å². The minimum Gasteiger partial charge on any atom is -0.493 e. The van der Waals surface area contributed by atoms with Gasteiger partial charge in [-0.3, -0.25) is 9.59 Å². The third-order valence-corrected chi connectivity index (χ3v) is 4.66. The molecule has 118 valence electrons. The van der Waals surface area contributed by atoms with Gasteiger partial charge in [0.15, 0.2) is 11.5 Å². The molecule has 0 saturated carbocycles. The van der Waals surface area contributed by atoms with Gasteiger partial charge in [0.05, 0.1) is 25.5 Å². The van der Waals surface area contributed by atoms with Crippen LogP contribution in [0.1, 0.15) is 4.88 Å². The van der Waals surface area contributed by atoms with Gasteiger partial charge in [0.1, 0.15) is 5.03 Å². The number of halogens is 1. The topological polar surface area (TPSA) is 55.8 Å². The van der Waals surface area contributed by atoms with E-state index in [9.17, 15) is 9.59 Å². The number of hydrogen-bond donors (Lipinski definition) is 0. The number of carbonyl (C=O) groups excluding carboxylic acids is 2. The van der Waals surface area contributed by atoms with Gasteiger partial charge in [-0.1, -0.05) is 17.7 Å². The summed E-state index contributed by atoms with van der Waals surface area (Å²) < 4.78 is 10.4. The minimum atomic E-state index is -0.549. The van der Waals surface area contributed by atoms with Crippen molar-refractivity contribution in [2.24, 2.45) is 0 Å². The predicted molar refractivity (Wildman–Crippen MR) is 89.1 cm³/mol. The molecule has 0 aliphatic carbocycles. The van der Waals surface area contributed by atoms with E-state index in [0.29, 0.717) is 22.1 Å². The molecule has 3 rings (SSSR count). The van der Waals surface area contributed by atoms with Crippen molar-refractivity contribution in [2.45, 2.75) is 0 Å². The zero-order chi connectivity index (χ0) is 16.6. The highest BCUT2D eigenvalue weighted by atomic mass is 35.5. The standard InChI is InChI=1S/C16H12ClNO4S/c1-21-10-6-5-9(8-11(10)22-2)18-15(19)13(14(17)16(18)20)12-4-3-7-23-12/h3-8H,1-2H3. The van der Waals surface area contributed by atoms with Crippen molar-refractivity contribution in [1.29, 1.82) is 0 Å². The number of carbonyl (C=O) groups is 2. The molecule has 1 aromatic carbocycles. The summed E-state index contributed by atoms with van der Waals surface area (Å²) in [7, 11) is 2.99. The van der Waals surface area contributed by atoms with Gasteiger partial charge in [-0.2, -0.15) is 0 Å². The van der Waals surface area contributed by atoms with Crippen molar-refractivity contribution < 1.29 is 19.1 Å². The fourth-order valence-corrected chi connectivity index (χ4v) is 3.43. The second-order valence-electron chi connectivity index (χ2n) is 4.65. The van der Waals surface area contributed by atoms with Crippen molar-refractivity contribution >= 4 is 46.0 Å². The number of rotatable bonds is 4. The lowest BCUT2D eigenvalue weighted by atomic mass is 10.2. The van der Waals surface area contributed by atoms with E-state index in [-0.39, 0.29) is 10.6 Å². The molecule has 0 saturated heterocycles. The number of methoxy groups -OCH3 is 2. The van der Waals surface area contributed by atoms with Crippen molar-refractivity contribution in [1.82, 2.24) is 0 Å². The van der Waals surface area contributed by atoms with Gasteiger partial charge in [0.25, 0.3) is 11.8 Å². The summed E-state index contributed by atoms with van der Waals surface area (Å²) in [5, 5.41) is 1.75. The SMILES string of the molecule is COc1ccc(N2C(=O)C(Cl)=C(c3cccs3)C2=O)cc1OC. The predicted octanol–water partition coefficient (Wildman–Crippen LogP) is 3.29. The first-order chi connectivity index (χ1) is 11.1. The number of thiophene rings is 1. The largest absolute Gasteiger partial charge is 0.493 e. The molecule has 2 amide bonds. The van der Waals surface area contributed by atoms with E-state index in [2.05, 4.69) is 0 Å². The van der Waals surface area contributed by atoms with Crippen molar-refractivity contribution in [3.8, 4) is 11.5 Å². The Morgan fingerprint density at radius 2 is 1.78 bits per heavy atom. The lowest BCUT2D eigenvalue weighted by Crippen LogP contribution is -2.31. The van der Waals surface area contributed by atoms with Crippen LogP contribution < -0.4 is 14.4 Å². The molecule has 0 atom stereocenters. The Morgan fingerprint density at radius 1 is 1.04 bits per heavy atom. The van der Waals surface area contributed by atoms with Crippen LogP contribution in [0.4, 0.5) is 5.69 Å². The first kappa shape index (κ1) is 15.6. The van der Waals surface area contributed by atoms with Crippen LogP contribution in [0.5, 0.6) is 11.5 Å². The summed E-state index contributed by atoms with van der Waals surface area (Å²) in [4.78, 5) is 26.8. The van der Waals surface area contributed by atoms with Crippen molar-refractivity contribution in [3.05, 3.63) is 45.6 Å². The van der Waals surface area contributed by atoms with E-state index < -0.39 is 11.8 Å². The summed E-state index contributed by atoms with van der Waals surface area (Å²) in [5.74, 6) is -0.0684. The zero-order valence-corrected chi connectivity index (χ0v) is 13.9. The normalized spacial score (nSPS) is 14.7. The molecule has 1 aliphatic heterocycles. The van der Waals surface area contributed by atoms with E-state index in [1.54, 1.807) is 30.3 Å². The van der Waals surface area contributed by atoms with Gasteiger partial charge in [-0.25, -0.2) is 4.90 Å². The van der Waals surface area contributed by atoms with E-state index in [4.69, 9.17) is 21.1 Å². The molecule has 0 spiro atoms. The smallest absolute Gasteiger partial charge is 0.277 e. The van der Waals surface area contributed by atoms with Crippen LogP contribution in [0.25, 0.3) is 5.57 Å². The molecular weight excluding hydrogens is 338 g/mol. The fourth-order valence-electron chi connectivity index (χ4n) is 2.34. The molecule has 2 heterocycles. The van der Waals surface area contributed by atoms with Crippen LogP contribution in [-0.4, -0.2) is 26.0 Å². The number of ether oxygens (including phenoxy) is 2. The highest BCUT2D eigenvalue weighted by Gasteiger charge is 2.39. The lowest BCUT2D eigenvalue weighted by Gasteiger charge is -2.17. The molecule has 1 aromatic heterocycles. The fraction of sp³-hybridized carbons (Fsp3) is 0.125. The van der Waals surface area contributed by atoms with E-state index >= 15 is 0 Å². The Kier molecular flexibility index (Phi) is 4.11. The lowest BCUT2D eigenvalue weighted by molar-refractivity contribution is -0.119. The molecule has 0 fully saturated rings. The van der Waals surface area contributed by atoms with Gasteiger partial charge in [-0.05, 0) is 23.6 Å². The Bertz CT molecular complexity index is 813. The maximum atomic E-state index is 12.7. The Morgan fingerprint density at radius 3 is 2.39 bits per heavy atom. The second kappa shape index (κ2) is 6.06. The quantitative estimate of drug-likeness (QED) is 0.795. The summed E-state index contributed by atoms with van der Waals surface area (Å²) in [6.07, 6.45) is 0. The van der Waals surface area contributed by atoms with Gasteiger partial charge < -0.3 is 9.47 Å². The van der Waals surface area contributed by atoms with Crippen molar-refractivity contribution in [3.63, 3.8) is 0 Å². The summed E-state index contributed by atoms with van der Waals surface area (Å²) >= 11 is 7.46. The first-order valence-corrected chi connectivity index (χ1v) is 7.88. The number of anilines is 1. The minimum absolute atomic E-state index is 0.0766. The van der Waals surface area contributed by atoms with E-state index in [1.165, 1.54) is 25.6 Å². The highest BCUT2D eigenvalue weighted by molar-refractivity contribution is 7.11. The number of amides is 2. The van der Waals surface area contributed by atoms with E-state index in [1.807, 2.05) is 5.38 Å². The molecule has 0 bridgehead atoms. The van der Waals surface area contributed by atoms with Gasteiger partial charge in [-0.15, -0.1) is 11.3 Å². The van der Waals surface area contributed by atoms with Crippen LogP contribution in [0, 0.1) is 0 Å². The van der Waals surface area contributed by atoms with Gasteiger partial charge >= 0.3 is 0 Å². The third-order valence-electron chi connectivity index (χ3n) is 3.42. The second-order valence-corrected chi connectivity index (χ2v) is 5.98.